The number of hydrogen-bond donors (Lipinski definition) is 0. The third-order valence-corrected chi connectivity index (χ3v) is 3.38. The fourth-order valence-electron chi connectivity index (χ4n) is 2.37. The van der Waals surface area contributed by atoms with Gasteiger partial charge in [-0.1, -0.05) is 24.3 Å². The topological polar surface area (TPSA) is 30.7 Å². The average Bonchev–Trinajstić information content (AvgIpc) is 2.89. The molecule has 0 aliphatic heterocycles. The SMILES string of the molecule is CC(C)(C)n1cnnc1-c1ccc(F)c2ccccc12. The van der Waals surface area contributed by atoms with Crippen molar-refractivity contribution in [3.8, 4) is 11.4 Å². The minimum atomic E-state index is -0.217. The summed E-state index contributed by atoms with van der Waals surface area (Å²) in [7, 11) is 0. The second kappa shape index (κ2) is 4.40. The van der Waals surface area contributed by atoms with Gasteiger partial charge in [-0.15, -0.1) is 10.2 Å². The van der Waals surface area contributed by atoms with E-state index in [9.17, 15) is 4.39 Å². The molecule has 0 fully saturated rings. The molecule has 0 atom stereocenters. The van der Waals surface area contributed by atoms with Gasteiger partial charge >= 0.3 is 0 Å². The van der Waals surface area contributed by atoms with Gasteiger partial charge in [0, 0.05) is 16.5 Å². The van der Waals surface area contributed by atoms with Crippen molar-refractivity contribution in [2.45, 2.75) is 26.3 Å². The lowest BCUT2D eigenvalue weighted by molar-refractivity contribution is 0.400. The van der Waals surface area contributed by atoms with Crippen LogP contribution in [0.15, 0.2) is 42.7 Å². The van der Waals surface area contributed by atoms with Crippen molar-refractivity contribution < 1.29 is 4.39 Å². The highest BCUT2D eigenvalue weighted by Crippen LogP contribution is 2.31. The van der Waals surface area contributed by atoms with Crippen molar-refractivity contribution in [1.82, 2.24) is 14.8 Å². The van der Waals surface area contributed by atoms with E-state index in [1.54, 1.807) is 18.5 Å². The summed E-state index contributed by atoms with van der Waals surface area (Å²) >= 11 is 0. The molecule has 3 rings (SSSR count). The number of benzene rings is 2. The molecular formula is C16H16FN3. The Morgan fingerprint density at radius 3 is 2.40 bits per heavy atom. The fourth-order valence-corrected chi connectivity index (χ4v) is 2.37. The molecule has 0 N–H and O–H groups in total. The van der Waals surface area contributed by atoms with Crippen molar-refractivity contribution in [1.29, 1.82) is 0 Å². The molecule has 0 radical (unpaired) electrons. The van der Waals surface area contributed by atoms with Crippen LogP contribution in [0.4, 0.5) is 4.39 Å². The van der Waals surface area contributed by atoms with E-state index in [0.29, 0.717) is 5.39 Å². The monoisotopic (exact) mass is 269 g/mol. The Morgan fingerprint density at radius 1 is 1.00 bits per heavy atom. The zero-order chi connectivity index (χ0) is 14.3. The summed E-state index contributed by atoms with van der Waals surface area (Å²) in [6.45, 7) is 6.27. The van der Waals surface area contributed by atoms with Crippen LogP contribution in [0.1, 0.15) is 20.8 Å². The van der Waals surface area contributed by atoms with Crippen LogP contribution < -0.4 is 0 Å². The van der Waals surface area contributed by atoms with E-state index in [2.05, 4.69) is 31.0 Å². The first kappa shape index (κ1) is 12.8. The highest BCUT2D eigenvalue weighted by atomic mass is 19.1. The van der Waals surface area contributed by atoms with Crippen molar-refractivity contribution in [3.05, 3.63) is 48.5 Å². The summed E-state index contributed by atoms with van der Waals surface area (Å²) in [5.41, 5.74) is 0.767. The third-order valence-electron chi connectivity index (χ3n) is 3.38. The largest absolute Gasteiger partial charge is 0.308 e. The van der Waals surface area contributed by atoms with Gasteiger partial charge in [0.1, 0.15) is 12.1 Å². The Bertz CT molecular complexity index is 769. The van der Waals surface area contributed by atoms with Crippen LogP contribution in [0.5, 0.6) is 0 Å². The zero-order valence-corrected chi connectivity index (χ0v) is 11.8. The average molecular weight is 269 g/mol. The van der Waals surface area contributed by atoms with E-state index in [4.69, 9.17) is 0 Å². The highest BCUT2D eigenvalue weighted by Gasteiger charge is 2.20. The van der Waals surface area contributed by atoms with Crippen LogP contribution in [0, 0.1) is 5.82 Å². The predicted octanol–water partition coefficient (Wildman–Crippen LogP) is 3.99. The third kappa shape index (κ3) is 1.97. The maximum absolute atomic E-state index is 13.9. The fraction of sp³-hybridized carbons (Fsp3) is 0.250. The van der Waals surface area contributed by atoms with Crippen LogP contribution >= 0.6 is 0 Å². The van der Waals surface area contributed by atoms with Crippen LogP contribution in [0.2, 0.25) is 0 Å². The van der Waals surface area contributed by atoms with Crippen molar-refractivity contribution in [2.75, 3.05) is 0 Å². The lowest BCUT2D eigenvalue weighted by atomic mass is 10.0. The quantitative estimate of drug-likeness (QED) is 0.668. The maximum atomic E-state index is 13.9. The molecule has 0 aliphatic rings. The predicted molar refractivity (Wildman–Crippen MR) is 77.9 cm³/mol. The normalized spacial score (nSPS) is 12.0. The van der Waals surface area contributed by atoms with Crippen LogP contribution in [0.25, 0.3) is 22.2 Å². The van der Waals surface area contributed by atoms with E-state index < -0.39 is 0 Å². The van der Waals surface area contributed by atoms with Crippen LogP contribution in [0.3, 0.4) is 0 Å². The van der Waals surface area contributed by atoms with E-state index in [0.717, 1.165) is 16.8 Å². The highest BCUT2D eigenvalue weighted by molar-refractivity contribution is 5.95. The van der Waals surface area contributed by atoms with Gasteiger partial charge in [-0.25, -0.2) is 4.39 Å². The standard InChI is InChI=1S/C16H16FN3/c1-16(2,3)20-10-18-19-15(20)13-8-9-14(17)12-7-5-4-6-11(12)13/h4-10H,1-3H3. The molecule has 1 aromatic heterocycles. The molecule has 102 valence electrons. The van der Waals surface area contributed by atoms with Gasteiger partial charge in [-0.3, -0.25) is 0 Å². The lowest BCUT2D eigenvalue weighted by Crippen LogP contribution is -2.21. The number of halogens is 1. The lowest BCUT2D eigenvalue weighted by Gasteiger charge is -2.22. The summed E-state index contributed by atoms with van der Waals surface area (Å²) in [5, 5.41) is 9.69. The maximum Gasteiger partial charge on any atom is 0.164 e. The summed E-state index contributed by atoms with van der Waals surface area (Å²) in [6, 6.07) is 10.7. The minimum absolute atomic E-state index is 0.131. The summed E-state index contributed by atoms with van der Waals surface area (Å²) < 4.78 is 15.9. The first-order valence-corrected chi connectivity index (χ1v) is 6.56. The molecule has 0 aliphatic carbocycles. The molecule has 0 saturated heterocycles. The van der Waals surface area contributed by atoms with Crippen molar-refractivity contribution in [2.24, 2.45) is 0 Å². The van der Waals surface area contributed by atoms with E-state index in [1.165, 1.54) is 6.07 Å². The van der Waals surface area contributed by atoms with Gasteiger partial charge in [0.05, 0.1) is 0 Å². The smallest absolute Gasteiger partial charge is 0.164 e. The number of nitrogens with zero attached hydrogens (tertiary/aromatic N) is 3. The molecule has 0 bridgehead atoms. The van der Waals surface area contributed by atoms with Gasteiger partial charge in [-0.2, -0.15) is 0 Å². The molecule has 2 aromatic carbocycles. The Morgan fingerprint density at radius 2 is 1.70 bits per heavy atom. The van der Waals surface area contributed by atoms with Gasteiger partial charge < -0.3 is 4.57 Å². The summed E-state index contributed by atoms with van der Waals surface area (Å²) in [4.78, 5) is 0. The Labute approximate surface area is 117 Å². The van der Waals surface area contributed by atoms with E-state index >= 15 is 0 Å². The number of fused-ring (bicyclic) bond motifs is 1. The molecular weight excluding hydrogens is 253 g/mol. The number of aromatic nitrogens is 3. The Kier molecular flexibility index (Phi) is 2.82. The van der Waals surface area contributed by atoms with Gasteiger partial charge in [0.25, 0.3) is 0 Å². The molecule has 0 unspecified atom stereocenters. The van der Waals surface area contributed by atoms with Gasteiger partial charge in [0.2, 0.25) is 0 Å². The molecule has 0 spiro atoms. The number of hydrogen-bond acceptors (Lipinski definition) is 2. The van der Waals surface area contributed by atoms with Crippen molar-refractivity contribution in [3.63, 3.8) is 0 Å². The first-order chi connectivity index (χ1) is 9.48. The minimum Gasteiger partial charge on any atom is -0.308 e. The second-order valence-corrected chi connectivity index (χ2v) is 5.84. The van der Waals surface area contributed by atoms with Crippen LogP contribution in [-0.4, -0.2) is 14.8 Å². The van der Waals surface area contributed by atoms with Gasteiger partial charge in [-0.05, 0) is 38.3 Å². The van der Waals surface area contributed by atoms with E-state index in [-0.39, 0.29) is 11.4 Å². The Balaban J connectivity index is 2.32. The molecule has 3 aromatic rings. The first-order valence-electron chi connectivity index (χ1n) is 6.56. The molecule has 0 amide bonds. The number of rotatable bonds is 1. The molecule has 1 heterocycles. The zero-order valence-electron chi connectivity index (χ0n) is 11.8. The van der Waals surface area contributed by atoms with Crippen LogP contribution in [-0.2, 0) is 5.54 Å². The van der Waals surface area contributed by atoms with Crippen molar-refractivity contribution >= 4 is 10.8 Å². The summed E-state index contributed by atoms with van der Waals surface area (Å²) in [6.07, 6.45) is 1.72. The molecule has 20 heavy (non-hydrogen) atoms. The van der Waals surface area contributed by atoms with Gasteiger partial charge in [0.15, 0.2) is 5.82 Å². The molecule has 0 saturated carbocycles. The molecule has 3 nitrogen and oxygen atoms in total. The Hall–Kier alpha value is -2.23. The van der Waals surface area contributed by atoms with E-state index in [1.807, 2.05) is 22.8 Å². The molecule has 4 heteroatoms. The second-order valence-electron chi connectivity index (χ2n) is 5.84. The summed E-state index contributed by atoms with van der Waals surface area (Å²) in [5.74, 6) is 0.542.